The lowest BCUT2D eigenvalue weighted by Gasteiger charge is -2.11. The van der Waals surface area contributed by atoms with Crippen molar-refractivity contribution in [2.45, 2.75) is 26.9 Å². The molecule has 0 fully saturated rings. The third kappa shape index (κ3) is 3.32. The molecule has 0 atom stereocenters. The first-order valence-corrected chi connectivity index (χ1v) is 6.40. The van der Waals surface area contributed by atoms with Crippen LogP contribution >= 0.6 is 0 Å². The maximum atomic E-state index is 13.1. The predicted octanol–water partition coefficient (Wildman–Crippen LogP) is 2.56. The molecular formula is C14H16FN5. The van der Waals surface area contributed by atoms with Gasteiger partial charge in [-0.15, -0.1) is 0 Å². The van der Waals surface area contributed by atoms with Crippen molar-refractivity contribution in [2.75, 3.05) is 5.32 Å². The Morgan fingerprint density at radius 3 is 2.95 bits per heavy atom. The van der Waals surface area contributed by atoms with E-state index < -0.39 is 5.82 Å². The molecule has 0 aliphatic carbocycles. The van der Waals surface area contributed by atoms with Gasteiger partial charge in [0.25, 0.3) is 0 Å². The van der Waals surface area contributed by atoms with Gasteiger partial charge in [-0.25, -0.2) is 14.1 Å². The van der Waals surface area contributed by atoms with Crippen molar-refractivity contribution in [1.82, 2.24) is 14.8 Å². The van der Waals surface area contributed by atoms with Crippen molar-refractivity contribution in [3.63, 3.8) is 0 Å². The Kier molecular flexibility index (Phi) is 4.31. The summed E-state index contributed by atoms with van der Waals surface area (Å²) in [6, 6.07) is 6.05. The van der Waals surface area contributed by atoms with Gasteiger partial charge in [0.05, 0.1) is 17.8 Å². The first-order valence-electron chi connectivity index (χ1n) is 6.40. The van der Waals surface area contributed by atoms with Crippen LogP contribution in [-0.2, 0) is 13.1 Å². The highest BCUT2D eigenvalue weighted by atomic mass is 19.1. The van der Waals surface area contributed by atoms with Gasteiger partial charge in [0, 0.05) is 6.54 Å². The molecule has 1 aromatic heterocycles. The molecule has 20 heavy (non-hydrogen) atoms. The minimum absolute atomic E-state index is 0.278. The molecule has 1 heterocycles. The van der Waals surface area contributed by atoms with E-state index >= 15 is 0 Å². The quantitative estimate of drug-likeness (QED) is 0.909. The summed E-state index contributed by atoms with van der Waals surface area (Å²) in [5.74, 6) is 0.831. The molecule has 0 spiro atoms. The molecule has 0 radical (unpaired) electrons. The molecule has 104 valence electrons. The molecule has 1 aromatic carbocycles. The van der Waals surface area contributed by atoms with Gasteiger partial charge in [-0.2, -0.15) is 10.4 Å². The van der Waals surface area contributed by atoms with E-state index in [0.29, 0.717) is 18.2 Å². The van der Waals surface area contributed by atoms with E-state index in [1.807, 2.05) is 10.8 Å². The third-order valence-corrected chi connectivity index (χ3v) is 2.77. The number of hydrogen-bond donors (Lipinski definition) is 1. The van der Waals surface area contributed by atoms with E-state index in [4.69, 9.17) is 5.26 Å². The minimum Gasteiger partial charge on any atom is -0.377 e. The Bertz CT molecular complexity index is 627. The number of hydrogen-bond acceptors (Lipinski definition) is 4. The van der Waals surface area contributed by atoms with Crippen molar-refractivity contribution >= 4 is 5.69 Å². The van der Waals surface area contributed by atoms with Crippen LogP contribution in [0.2, 0.25) is 0 Å². The minimum atomic E-state index is -0.421. The summed E-state index contributed by atoms with van der Waals surface area (Å²) in [6.45, 7) is 5.43. The first-order chi connectivity index (χ1) is 9.60. The van der Waals surface area contributed by atoms with Crippen LogP contribution in [0.5, 0.6) is 0 Å². The number of aromatic nitrogens is 3. The molecular weight excluding hydrogens is 257 g/mol. The summed E-state index contributed by atoms with van der Waals surface area (Å²) in [7, 11) is 0. The van der Waals surface area contributed by atoms with Crippen molar-refractivity contribution in [2.24, 2.45) is 5.92 Å². The fourth-order valence-corrected chi connectivity index (χ4v) is 1.86. The van der Waals surface area contributed by atoms with Crippen LogP contribution in [0.15, 0.2) is 24.5 Å². The van der Waals surface area contributed by atoms with E-state index in [0.717, 1.165) is 12.4 Å². The molecule has 5 nitrogen and oxygen atoms in total. The summed E-state index contributed by atoms with van der Waals surface area (Å²) in [4.78, 5) is 4.19. The second-order valence-corrected chi connectivity index (χ2v) is 4.91. The largest absolute Gasteiger partial charge is 0.377 e. The monoisotopic (exact) mass is 273 g/mol. The molecule has 0 saturated heterocycles. The van der Waals surface area contributed by atoms with Crippen LogP contribution in [0.25, 0.3) is 0 Å². The van der Waals surface area contributed by atoms with Crippen molar-refractivity contribution in [3.8, 4) is 6.07 Å². The third-order valence-electron chi connectivity index (χ3n) is 2.77. The number of halogens is 1. The first kappa shape index (κ1) is 14.0. The fraction of sp³-hybridized carbons (Fsp3) is 0.357. The van der Waals surface area contributed by atoms with E-state index in [1.165, 1.54) is 18.5 Å². The van der Waals surface area contributed by atoms with Gasteiger partial charge in [-0.05, 0) is 24.1 Å². The number of benzene rings is 1. The summed E-state index contributed by atoms with van der Waals surface area (Å²) >= 11 is 0. The number of nitrogens with zero attached hydrogens (tertiary/aromatic N) is 4. The van der Waals surface area contributed by atoms with Crippen LogP contribution in [0, 0.1) is 23.1 Å². The van der Waals surface area contributed by atoms with Crippen molar-refractivity contribution in [1.29, 1.82) is 5.26 Å². The maximum absolute atomic E-state index is 13.1. The standard InChI is InChI=1S/C14H16FN5/c1-10(2)8-20-14(18-9-19-20)7-17-13-4-3-12(15)5-11(13)6-16/h3-5,9-10,17H,7-8H2,1-2H3. The lowest BCUT2D eigenvalue weighted by atomic mass is 10.2. The molecule has 0 aliphatic rings. The molecule has 0 bridgehead atoms. The Morgan fingerprint density at radius 1 is 1.45 bits per heavy atom. The predicted molar refractivity (Wildman–Crippen MR) is 73.3 cm³/mol. The van der Waals surface area contributed by atoms with Crippen LogP contribution in [-0.4, -0.2) is 14.8 Å². The second kappa shape index (κ2) is 6.15. The molecule has 2 aromatic rings. The van der Waals surface area contributed by atoms with Gasteiger partial charge < -0.3 is 5.32 Å². The maximum Gasteiger partial charge on any atom is 0.146 e. The summed E-state index contributed by atoms with van der Waals surface area (Å²) in [5, 5.41) is 16.2. The van der Waals surface area contributed by atoms with Gasteiger partial charge in [-0.3, -0.25) is 0 Å². The van der Waals surface area contributed by atoms with Gasteiger partial charge >= 0.3 is 0 Å². The zero-order chi connectivity index (χ0) is 14.5. The molecule has 0 aliphatic heterocycles. The lowest BCUT2D eigenvalue weighted by Crippen LogP contribution is -2.13. The normalized spacial score (nSPS) is 10.6. The van der Waals surface area contributed by atoms with Gasteiger partial charge in [0.15, 0.2) is 0 Å². The van der Waals surface area contributed by atoms with Gasteiger partial charge in [0.2, 0.25) is 0 Å². The van der Waals surface area contributed by atoms with E-state index in [2.05, 4.69) is 29.2 Å². The topological polar surface area (TPSA) is 66.5 Å². The summed E-state index contributed by atoms with van der Waals surface area (Å²) in [6.07, 6.45) is 1.51. The van der Waals surface area contributed by atoms with Crippen LogP contribution in [0.1, 0.15) is 25.2 Å². The van der Waals surface area contributed by atoms with Gasteiger partial charge in [-0.1, -0.05) is 13.8 Å². The smallest absolute Gasteiger partial charge is 0.146 e. The Labute approximate surface area is 117 Å². The SMILES string of the molecule is CC(C)Cn1ncnc1CNc1ccc(F)cc1C#N. The highest BCUT2D eigenvalue weighted by Gasteiger charge is 2.08. The molecule has 1 N–H and O–H groups in total. The van der Waals surface area contributed by atoms with Crippen molar-refractivity contribution in [3.05, 3.63) is 41.7 Å². The summed E-state index contributed by atoms with van der Waals surface area (Å²) < 4.78 is 14.9. The number of nitrogens with one attached hydrogen (secondary N) is 1. The van der Waals surface area contributed by atoms with Crippen LogP contribution in [0.4, 0.5) is 10.1 Å². The van der Waals surface area contributed by atoms with E-state index in [9.17, 15) is 4.39 Å². The molecule has 0 saturated carbocycles. The zero-order valence-electron chi connectivity index (χ0n) is 11.5. The number of rotatable bonds is 5. The summed E-state index contributed by atoms with van der Waals surface area (Å²) in [5.41, 5.74) is 0.868. The molecule has 2 rings (SSSR count). The highest BCUT2D eigenvalue weighted by Crippen LogP contribution is 2.16. The average molecular weight is 273 g/mol. The van der Waals surface area contributed by atoms with Crippen LogP contribution < -0.4 is 5.32 Å². The second-order valence-electron chi connectivity index (χ2n) is 4.91. The highest BCUT2D eigenvalue weighted by molar-refractivity contribution is 5.57. The molecule has 6 heteroatoms. The van der Waals surface area contributed by atoms with Crippen molar-refractivity contribution < 1.29 is 4.39 Å². The van der Waals surface area contributed by atoms with E-state index in [1.54, 1.807) is 6.07 Å². The Balaban J connectivity index is 2.10. The Morgan fingerprint density at radius 2 is 2.25 bits per heavy atom. The number of anilines is 1. The van der Waals surface area contributed by atoms with Gasteiger partial charge in [0.1, 0.15) is 24.0 Å². The Hall–Kier alpha value is -2.42. The zero-order valence-corrected chi connectivity index (χ0v) is 11.5. The molecule has 0 amide bonds. The lowest BCUT2D eigenvalue weighted by molar-refractivity contribution is 0.468. The van der Waals surface area contributed by atoms with Crippen LogP contribution in [0.3, 0.4) is 0 Å². The van der Waals surface area contributed by atoms with E-state index in [-0.39, 0.29) is 5.56 Å². The fourth-order valence-electron chi connectivity index (χ4n) is 1.86. The number of nitriles is 1. The average Bonchev–Trinajstić information content (AvgIpc) is 2.83. The molecule has 0 unspecified atom stereocenters.